The lowest BCUT2D eigenvalue weighted by Crippen LogP contribution is -2.34. The lowest BCUT2D eigenvalue weighted by molar-refractivity contribution is -0.123. The van der Waals surface area contributed by atoms with E-state index in [1.54, 1.807) is 0 Å². The summed E-state index contributed by atoms with van der Waals surface area (Å²) in [7, 11) is 0. The Hall–Kier alpha value is -1.07. The fourth-order valence-electron chi connectivity index (χ4n) is 1.69. The summed E-state index contributed by atoms with van der Waals surface area (Å²) in [6.45, 7) is 7.79. The third kappa shape index (κ3) is 6.39. The second kappa shape index (κ2) is 8.97. The molecule has 0 atom stereocenters. The zero-order valence-electron chi connectivity index (χ0n) is 12.3. The molecular weight excluding hydrogens is 320 g/mol. The zero-order chi connectivity index (χ0) is 15.0. The van der Waals surface area contributed by atoms with Crippen LogP contribution in [0.5, 0.6) is 5.75 Å². The first-order chi connectivity index (χ1) is 9.52. The van der Waals surface area contributed by atoms with E-state index in [4.69, 9.17) is 4.74 Å². The first kappa shape index (κ1) is 17.0. The molecule has 0 aromatic heterocycles. The van der Waals surface area contributed by atoms with Gasteiger partial charge in [-0.2, -0.15) is 0 Å². The summed E-state index contributed by atoms with van der Waals surface area (Å²) >= 11 is 3.52. The van der Waals surface area contributed by atoms with Gasteiger partial charge in [-0.15, -0.1) is 0 Å². The van der Waals surface area contributed by atoms with Crippen molar-refractivity contribution in [3.8, 4) is 5.75 Å². The molecule has 4 nitrogen and oxygen atoms in total. The summed E-state index contributed by atoms with van der Waals surface area (Å²) in [6.07, 6.45) is 1.10. The highest BCUT2D eigenvalue weighted by Gasteiger charge is 2.06. The Balaban J connectivity index is 2.54. The minimum Gasteiger partial charge on any atom is -0.484 e. The predicted molar refractivity (Wildman–Crippen MR) is 84.9 cm³/mol. The van der Waals surface area contributed by atoms with Gasteiger partial charge in [0.15, 0.2) is 6.61 Å². The summed E-state index contributed by atoms with van der Waals surface area (Å²) in [5.41, 5.74) is 1.13. The van der Waals surface area contributed by atoms with Gasteiger partial charge in [0.05, 0.1) is 0 Å². The third-order valence-electron chi connectivity index (χ3n) is 2.58. The average Bonchev–Trinajstić information content (AvgIpc) is 2.39. The Labute approximate surface area is 129 Å². The standard InChI is InChI=1S/C15H23BrN2O2/c1-4-7-17-9-12-8-13(5-6-14(12)16)20-10-15(19)18-11(2)3/h5-6,8,11,17H,4,7,9-10H2,1-3H3,(H,18,19). The molecule has 2 N–H and O–H groups in total. The van der Waals surface area contributed by atoms with Crippen molar-refractivity contribution in [2.75, 3.05) is 13.2 Å². The molecule has 0 heterocycles. The van der Waals surface area contributed by atoms with Crippen LogP contribution in [0.25, 0.3) is 0 Å². The highest BCUT2D eigenvalue weighted by atomic mass is 79.9. The second-order valence-corrected chi connectivity index (χ2v) is 5.80. The molecule has 1 aromatic rings. The molecule has 1 aromatic carbocycles. The van der Waals surface area contributed by atoms with Crippen LogP contribution in [0.1, 0.15) is 32.8 Å². The van der Waals surface area contributed by atoms with Gasteiger partial charge in [-0.25, -0.2) is 0 Å². The van der Waals surface area contributed by atoms with E-state index in [2.05, 4.69) is 33.5 Å². The largest absolute Gasteiger partial charge is 0.484 e. The van der Waals surface area contributed by atoms with Crippen LogP contribution in [-0.2, 0) is 11.3 Å². The molecule has 0 aliphatic heterocycles. The molecule has 20 heavy (non-hydrogen) atoms. The van der Waals surface area contributed by atoms with Gasteiger partial charge >= 0.3 is 0 Å². The number of hydrogen-bond donors (Lipinski definition) is 2. The summed E-state index contributed by atoms with van der Waals surface area (Å²) in [4.78, 5) is 11.5. The molecule has 1 rings (SSSR count). The average molecular weight is 343 g/mol. The fourth-order valence-corrected chi connectivity index (χ4v) is 2.08. The van der Waals surface area contributed by atoms with Crippen molar-refractivity contribution < 1.29 is 9.53 Å². The van der Waals surface area contributed by atoms with Crippen LogP contribution in [0.15, 0.2) is 22.7 Å². The van der Waals surface area contributed by atoms with Crippen molar-refractivity contribution in [3.63, 3.8) is 0 Å². The van der Waals surface area contributed by atoms with Gasteiger partial charge in [-0.3, -0.25) is 4.79 Å². The van der Waals surface area contributed by atoms with E-state index in [-0.39, 0.29) is 18.6 Å². The van der Waals surface area contributed by atoms with E-state index in [1.165, 1.54) is 0 Å². The van der Waals surface area contributed by atoms with Crippen molar-refractivity contribution in [2.24, 2.45) is 0 Å². The number of benzene rings is 1. The van der Waals surface area contributed by atoms with Crippen LogP contribution in [-0.4, -0.2) is 25.1 Å². The normalized spacial score (nSPS) is 10.7. The number of carbonyl (C=O) groups excluding carboxylic acids is 1. The van der Waals surface area contributed by atoms with E-state index in [0.717, 1.165) is 29.5 Å². The summed E-state index contributed by atoms with van der Waals surface area (Å²) in [5.74, 6) is 0.606. The monoisotopic (exact) mass is 342 g/mol. The van der Waals surface area contributed by atoms with E-state index >= 15 is 0 Å². The minimum atomic E-state index is -0.103. The molecule has 0 saturated carbocycles. The van der Waals surface area contributed by atoms with Crippen LogP contribution in [0, 0.1) is 0 Å². The highest BCUT2D eigenvalue weighted by Crippen LogP contribution is 2.22. The van der Waals surface area contributed by atoms with Gasteiger partial charge in [0, 0.05) is 17.1 Å². The van der Waals surface area contributed by atoms with Gasteiger partial charge in [0.1, 0.15) is 5.75 Å². The Morgan fingerprint density at radius 2 is 2.15 bits per heavy atom. The smallest absolute Gasteiger partial charge is 0.258 e. The number of ether oxygens (including phenoxy) is 1. The minimum absolute atomic E-state index is 0.0433. The Morgan fingerprint density at radius 1 is 1.40 bits per heavy atom. The van der Waals surface area contributed by atoms with Gasteiger partial charge in [-0.1, -0.05) is 22.9 Å². The summed E-state index contributed by atoms with van der Waals surface area (Å²) in [6, 6.07) is 5.88. The molecular formula is C15H23BrN2O2. The van der Waals surface area contributed by atoms with Gasteiger partial charge < -0.3 is 15.4 Å². The summed E-state index contributed by atoms with van der Waals surface area (Å²) < 4.78 is 6.55. The van der Waals surface area contributed by atoms with Crippen LogP contribution in [0.3, 0.4) is 0 Å². The number of amides is 1. The third-order valence-corrected chi connectivity index (χ3v) is 3.35. The van der Waals surface area contributed by atoms with Crippen molar-refractivity contribution in [1.82, 2.24) is 10.6 Å². The van der Waals surface area contributed by atoms with Gasteiger partial charge in [0.2, 0.25) is 0 Å². The number of hydrogen-bond acceptors (Lipinski definition) is 3. The maximum atomic E-state index is 11.5. The van der Waals surface area contributed by atoms with Crippen LogP contribution in [0.2, 0.25) is 0 Å². The maximum Gasteiger partial charge on any atom is 0.258 e. The molecule has 1 amide bonds. The molecule has 0 aliphatic carbocycles. The van der Waals surface area contributed by atoms with Gasteiger partial charge in [-0.05, 0) is 50.6 Å². The summed E-state index contributed by atoms with van der Waals surface area (Å²) in [5, 5.41) is 6.14. The van der Waals surface area contributed by atoms with Crippen molar-refractivity contribution in [2.45, 2.75) is 39.8 Å². The van der Waals surface area contributed by atoms with Crippen LogP contribution in [0.4, 0.5) is 0 Å². The Kier molecular flexibility index (Phi) is 7.62. The predicted octanol–water partition coefficient (Wildman–Crippen LogP) is 2.85. The van der Waals surface area contributed by atoms with Crippen molar-refractivity contribution in [3.05, 3.63) is 28.2 Å². The molecule has 0 saturated heterocycles. The fraction of sp³-hybridized carbons (Fsp3) is 0.533. The molecule has 0 radical (unpaired) electrons. The van der Waals surface area contributed by atoms with Crippen molar-refractivity contribution >= 4 is 21.8 Å². The van der Waals surface area contributed by atoms with Gasteiger partial charge in [0.25, 0.3) is 5.91 Å². The molecule has 5 heteroatoms. The number of nitrogens with one attached hydrogen (secondary N) is 2. The Bertz CT molecular complexity index is 436. The molecule has 0 aliphatic rings. The zero-order valence-corrected chi connectivity index (χ0v) is 13.9. The van der Waals surface area contributed by atoms with Crippen LogP contribution >= 0.6 is 15.9 Å². The van der Waals surface area contributed by atoms with E-state index in [1.807, 2.05) is 32.0 Å². The van der Waals surface area contributed by atoms with E-state index < -0.39 is 0 Å². The highest BCUT2D eigenvalue weighted by molar-refractivity contribution is 9.10. The topological polar surface area (TPSA) is 50.4 Å². The number of carbonyl (C=O) groups is 1. The Morgan fingerprint density at radius 3 is 2.80 bits per heavy atom. The lowest BCUT2D eigenvalue weighted by atomic mass is 10.2. The molecule has 0 spiro atoms. The molecule has 0 unspecified atom stereocenters. The van der Waals surface area contributed by atoms with Crippen LogP contribution < -0.4 is 15.4 Å². The quantitative estimate of drug-likeness (QED) is 0.714. The van der Waals surface area contributed by atoms with E-state index in [9.17, 15) is 4.79 Å². The number of rotatable bonds is 8. The SMILES string of the molecule is CCCNCc1cc(OCC(=O)NC(C)C)ccc1Br. The molecule has 0 fully saturated rings. The number of halogens is 1. The van der Waals surface area contributed by atoms with E-state index in [0.29, 0.717) is 5.75 Å². The molecule has 0 bridgehead atoms. The first-order valence-corrected chi connectivity index (χ1v) is 7.73. The maximum absolute atomic E-state index is 11.5. The molecule has 112 valence electrons. The van der Waals surface area contributed by atoms with Crippen molar-refractivity contribution in [1.29, 1.82) is 0 Å². The first-order valence-electron chi connectivity index (χ1n) is 6.94. The lowest BCUT2D eigenvalue weighted by Gasteiger charge is -2.12. The second-order valence-electron chi connectivity index (χ2n) is 4.94.